The molecule has 124 valence electrons. The van der Waals surface area contributed by atoms with Crippen molar-refractivity contribution in [3.05, 3.63) is 66.1 Å². The van der Waals surface area contributed by atoms with Crippen molar-refractivity contribution in [2.45, 2.75) is 13.0 Å². The fourth-order valence-corrected chi connectivity index (χ4v) is 2.51. The molecule has 3 aromatic rings. The lowest BCUT2D eigenvalue weighted by Crippen LogP contribution is -2.36. The lowest BCUT2D eigenvalue weighted by molar-refractivity contribution is 0.240. The first kappa shape index (κ1) is 15.9. The van der Waals surface area contributed by atoms with Gasteiger partial charge in [-0.3, -0.25) is 0 Å². The second kappa shape index (κ2) is 7.55. The van der Waals surface area contributed by atoms with Crippen LogP contribution in [0.5, 0.6) is 5.75 Å². The number of urea groups is 1. The molecule has 3 rings (SSSR count). The minimum absolute atomic E-state index is 0.184. The van der Waals surface area contributed by atoms with Gasteiger partial charge >= 0.3 is 6.03 Å². The molecule has 0 atom stereocenters. The molecule has 0 bridgehead atoms. The van der Waals surface area contributed by atoms with E-state index in [1.165, 1.54) is 0 Å². The van der Waals surface area contributed by atoms with Crippen LogP contribution in [0.3, 0.4) is 0 Å². The van der Waals surface area contributed by atoms with Crippen LogP contribution in [0.15, 0.2) is 59.2 Å². The summed E-state index contributed by atoms with van der Waals surface area (Å²) in [4.78, 5) is 11.8. The van der Waals surface area contributed by atoms with Gasteiger partial charge in [0.25, 0.3) is 0 Å². The third kappa shape index (κ3) is 4.07. The van der Waals surface area contributed by atoms with Crippen LogP contribution in [0, 0.1) is 0 Å². The largest absolute Gasteiger partial charge is 0.497 e. The first-order chi connectivity index (χ1) is 11.7. The Morgan fingerprint density at radius 2 is 1.92 bits per heavy atom. The van der Waals surface area contributed by atoms with Gasteiger partial charge < -0.3 is 19.8 Å². The minimum Gasteiger partial charge on any atom is -0.497 e. The van der Waals surface area contributed by atoms with Crippen molar-refractivity contribution in [1.29, 1.82) is 0 Å². The van der Waals surface area contributed by atoms with Gasteiger partial charge in [0.2, 0.25) is 0 Å². The Morgan fingerprint density at radius 3 is 2.71 bits per heavy atom. The minimum atomic E-state index is -0.184. The summed E-state index contributed by atoms with van der Waals surface area (Å²) in [6.45, 7) is 1.02. The highest BCUT2D eigenvalue weighted by molar-refractivity contribution is 5.84. The fraction of sp³-hybridized carbons (Fsp3) is 0.211. The molecule has 0 aliphatic carbocycles. The van der Waals surface area contributed by atoms with Crippen molar-refractivity contribution in [3.8, 4) is 5.75 Å². The molecule has 0 spiro atoms. The summed E-state index contributed by atoms with van der Waals surface area (Å²) in [6, 6.07) is 15.6. The highest BCUT2D eigenvalue weighted by Crippen LogP contribution is 2.21. The summed E-state index contributed by atoms with van der Waals surface area (Å²) in [6.07, 6.45) is 2.31. The molecule has 0 unspecified atom stereocenters. The third-order valence-electron chi connectivity index (χ3n) is 3.80. The van der Waals surface area contributed by atoms with Gasteiger partial charge in [0.05, 0.1) is 13.4 Å². The van der Waals surface area contributed by atoms with Gasteiger partial charge in [-0.15, -0.1) is 0 Å². The average molecular weight is 324 g/mol. The number of carbonyl (C=O) groups excluding carboxylic acids is 1. The van der Waals surface area contributed by atoms with Crippen LogP contribution < -0.4 is 15.4 Å². The van der Waals surface area contributed by atoms with E-state index >= 15 is 0 Å². The van der Waals surface area contributed by atoms with Crippen molar-refractivity contribution in [2.75, 3.05) is 13.7 Å². The second-order valence-electron chi connectivity index (χ2n) is 5.49. The Bertz CT molecular complexity index is 813. The molecule has 0 radical (unpaired) electrons. The van der Waals surface area contributed by atoms with Crippen LogP contribution in [0.25, 0.3) is 10.8 Å². The number of amides is 2. The highest BCUT2D eigenvalue weighted by Gasteiger charge is 2.03. The third-order valence-corrected chi connectivity index (χ3v) is 3.80. The summed E-state index contributed by atoms with van der Waals surface area (Å²) >= 11 is 0. The SMILES string of the molecule is COc1ccc2cc(CNC(=O)NCCc3ccco3)ccc2c1. The standard InChI is InChI=1S/C19H20N2O3/c1-23-18-7-6-15-11-14(4-5-16(15)12-18)13-21-19(22)20-9-8-17-3-2-10-24-17/h2-7,10-12H,8-9,13H2,1H3,(H2,20,21,22). The van der Waals surface area contributed by atoms with Crippen molar-refractivity contribution < 1.29 is 13.9 Å². The van der Waals surface area contributed by atoms with Gasteiger partial charge in [-0.25, -0.2) is 4.79 Å². The number of furan rings is 1. The Balaban J connectivity index is 1.50. The molecule has 2 amide bonds. The molecule has 1 aromatic heterocycles. The van der Waals surface area contributed by atoms with E-state index in [9.17, 15) is 4.79 Å². The van der Waals surface area contributed by atoms with E-state index in [2.05, 4.69) is 16.7 Å². The van der Waals surface area contributed by atoms with E-state index in [0.29, 0.717) is 19.5 Å². The summed E-state index contributed by atoms with van der Waals surface area (Å²) in [7, 11) is 1.66. The van der Waals surface area contributed by atoms with E-state index in [-0.39, 0.29) is 6.03 Å². The first-order valence-corrected chi connectivity index (χ1v) is 7.85. The summed E-state index contributed by atoms with van der Waals surface area (Å²) in [5.41, 5.74) is 1.05. The van der Waals surface area contributed by atoms with Gasteiger partial charge in [0.15, 0.2) is 0 Å². The number of hydrogen-bond acceptors (Lipinski definition) is 3. The number of nitrogens with one attached hydrogen (secondary N) is 2. The van der Waals surface area contributed by atoms with Gasteiger partial charge in [-0.2, -0.15) is 0 Å². The molecule has 2 N–H and O–H groups in total. The molecule has 0 aliphatic heterocycles. The van der Waals surface area contributed by atoms with Gasteiger partial charge in [-0.1, -0.05) is 18.2 Å². The number of rotatable bonds is 6. The van der Waals surface area contributed by atoms with Crippen molar-refractivity contribution >= 4 is 16.8 Å². The Labute approximate surface area is 140 Å². The highest BCUT2D eigenvalue weighted by atomic mass is 16.5. The van der Waals surface area contributed by atoms with E-state index in [4.69, 9.17) is 9.15 Å². The number of carbonyl (C=O) groups is 1. The number of ether oxygens (including phenoxy) is 1. The molecule has 24 heavy (non-hydrogen) atoms. The molecule has 2 aromatic carbocycles. The lowest BCUT2D eigenvalue weighted by Gasteiger charge is -2.08. The smallest absolute Gasteiger partial charge is 0.315 e. The number of fused-ring (bicyclic) bond motifs is 1. The first-order valence-electron chi connectivity index (χ1n) is 7.85. The predicted molar refractivity (Wildman–Crippen MR) is 93.2 cm³/mol. The normalized spacial score (nSPS) is 10.5. The van der Waals surface area contributed by atoms with Crippen molar-refractivity contribution in [3.63, 3.8) is 0 Å². The molecule has 0 saturated heterocycles. The topological polar surface area (TPSA) is 63.5 Å². The zero-order valence-electron chi connectivity index (χ0n) is 13.5. The monoisotopic (exact) mass is 324 g/mol. The van der Waals surface area contributed by atoms with Crippen molar-refractivity contribution in [1.82, 2.24) is 10.6 Å². The van der Waals surface area contributed by atoms with Gasteiger partial charge in [0.1, 0.15) is 11.5 Å². The molecular weight excluding hydrogens is 304 g/mol. The number of hydrogen-bond donors (Lipinski definition) is 2. The average Bonchev–Trinajstić information content (AvgIpc) is 3.12. The molecule has 1 heterocycles. The van der Waals surface area contributed by atoms with Gasteiger partial charge in [-0.05, 0) is 46.7 Å². The van der Waals surface area contributed by atoms with Gasteiger partial charge in [0, 0.05) is 19.5 Å². The Kier molecular flexibility index (Phi) is 5.01. The molecule has 5 heteroatoms. The van der Waals surface area contributed by atoms with Crippen LogP contribution in [0.4, 0.5) is 4.79 Å². The van der Waals surface area contributed by atoms with Crippen LogP contribution in [-0.4, -0.2) is 19.7 Å². The molecular formula is C19H20N2O3. The second-order valence-corrected chi connectivity index (χ2v) is 5.49. The number of methoxy groups -OCH3 is 1. The van der Waals surface area contributed by atoms with Crippen LogP contribution >= 0.6 is 0 Å². The van der Waals surface area contributed by atoms with E-state index in [0.717, 1.165) is 27.8 Å². The molecule has 0 saturated carbocycles. The summed E-state index contributed by atoms with van der Waals surface area (Å²) in [5, 5.41) is 7.91. The van der Waals surface area contributed by atoms with Crippen LogP contribution in [0.1, 0.15) is 11.3 Å². The predicted octanol–water partition coefficient (Wildman–Crippen LogP) is 3.48. The summed E-state index contributed by atoms with van der Waals surface area (Å²) < 4.78 is 10.4. The number of benzene rings is 2. The quantitative estimate of drug-likeness (QED) is 0.729. The maximum Gasteiger partial charge on any atom is 0.315 e. The van der Waals surface area contributed by atoms with Crippen LogP contribution in [0.2, 0.25) is 0 Å². The zero-order chi connectivity index (χ0) is 16.8. The zero-order valence-corrected chi connectivity index (χ0v) is 13.5. The van der Waals surface area contributed by atoms with E-state index in [1.807, 2.05) is 42.5 Å². The maximum absolute atomic E-state index is 11.8. The van der Waals surface area contributed by atoms with Crippen LogP contribution in [-0.2, 0) is 13.0 Å². The summed E-state index contributed by atoms with van der Waals surface area (Å²) in [5.74, 6) is 1.70. The fourth-order valence-electron chi connectivity index (χ4n) is 2.51. The maximum atomic E-state index is 11.8. The molecule has 5 nitrogen and oxygen atoms in total. The van der Waals surface area contributed by atoms with E-state index in [1.54, 1.807) is 13.4 Å². The van der Waals surface area contributed by atoms with E-state index < -0.39 is 0 Å². The van der Waals surface area contributed by atoms with Crippen molar-refractivity contribution in [2.24, 2.45) is 0 Å². The lowest BCUT2D eigenvalue weighted by atomic mass is 10.1. The Hall–Kier alpha value is -2.95. The Morgan fingerprint density at radius 1 is 1.08 bits per heavy atom. The molecule has 0 aliphatic rings. The molecule has 0 fully saturated rings.